The number of carbonyl (C=O) groups excluding carboxylic acids is 1. The van der Waals surface area contributed by atoms with E-state index in [1.54, 1.807) is 7.11 Å². The number of anilines is 1. The second-order valence-electron chi connectivity index (χ2n) is 7.42. The molecule has 1 aromatic carbocycles. The number of hydrogen-bond donors (Lipinski definition) is 2. The van der Waals surface area contributed by atoms with Gasteiger partial charge in [-0.2, -0.15) is 0 Å². The summed E-state index contributed by atoms with van der Waals surface area (Å²) in [5, 5.41) is 7.25. The molecule has 0 aliphatic carbocycles. The number of aromatic nitrogens is 1. The summed E-state index contributed by atoms with van der Waals surface area (Å²) in [6.45, 7) is 3.16. The molecule has 0 unspecified atom stereocenters. The Kier molecular flexibility index (Phi) is 5.19. The number of nitrogens with zero attached hydrogens (tertiary/aromatic N) is 3. The van der Waals surface area contributed by atoms with Crippen molar-refractivity contribution in [3.8, 4) is 0 Å². The molecular formula is C21H27N5O2. The fourth-order valence-corrected chi connectivity index (χ4v) is 4.00. The maximum Gasteiger partial charge on any atom is 0.270 e. The zero-order chi connectivity index (χ0) is 19.6. The van der Waals surface area contributed by atoms with Crippen LogP contribution < -0.4 is 10.6 Å². The third kappa shape index (κ3) is 3.43. The van der Waals surface area contributed by atoms with Crippen molar-refractivity contribution < 1.29 is 9.53 Å². The SMILES string of the molecule is COCCN=C1Nc2ccccc2CN[C@]12CCN(C(=O)c1cccn1C)C2. The third-order valence-corrected chi connectivity index (χ3v) is 5.63. The van der Waals surface area contributed by atoms with E-state index in [0.717, 1.165) is 24.5 Å². The molecule has 148 valence electrons. The fraction of sp³-hybridized carbons (Fsp3) is 0.429. The maximum absolute atomic E-state index is 13.0. The fourth-order valence-electron chi connectivity index (χ4n) is 4.00. The summed E-state index contributed by atoms with van der Waals surface area (Å²) in [5.41, 5.74) is 2.59. The van der Waals surface area contributed by atoms with Gasteiger partial charge in [0, 0.05) is 45.7 Å². The van der Waals surface area contributed by atoms with Gasteiger partial charge in [0.25, 0.3) is 5.91 Å². The molecule has 1 atom stereocenters. The summed E-state index contributed by atoms with van der Waals surface area (Å²) >= 11 is 0. The second kappa shape index (κ2) is 7.77. The first-order valence-corrected chi connectivity index (χ1v) is 9.67. The molecule has 1 spiro atoms. The van der Waals surface area contributed by atoms with Gasteiger partial charge in [-0.15, -0.1) is 0 Å². The molecule has 28 heavy (non-hydrogen) atoms. The van der Waals surface area contributed by atoms with Gasteiger partial charge < -0.3 is 19.5 Å². The number of aliphatic imine (C=N–C) groups is 1. The zero-order valence-electron chi connectivity index (χ0n) is 16.4. The lowest BCUT2D eigenvalue weighted by Crippen LogP contribution is -2.55. The van der Waals surface area contributed by atoms with E-state index in [2.05, 4.69) is 22.8 Å². The van der Waals surface area contributed by atoms with Gasteiger partial charge in [0.2, 0.25) is 0 Å². The van der Waals surface area contributed by atoms with E-state index < -0.39 is 0 Å². The van der Waals surface area contributed by atoms with Crippen LogP contribution in [0.4, 0.5) is 5.69 Å². The molecule has 7 nitrogen and oxygen atoms in total. The van der Waals surface area contributed by atoms with Crippen LogP contribution in [-0.4, -0.2) is 60.1 Å². The minimum Gasteiger partial charge on any atom is -0.383 e. The monoisotopic (exact) mass is 381 g/mol. The standard InChI is InChI=1S/C21H27N5O2/c1-25-11-5-8-18(25)19(27)26-12-9-21(15-26)20(22-10-13-28-2)24-17-7-4-3-6-16(17)14-23-21/h3-8,11,23H,9-10,12-15H2,1-2H3,(H,22,24)/t21-/m0/s1. The van der Waals surface area contributed by atoms with Gasteiger partial charge in [0.15, 0.2) is 0 Å². The first kappa shape index (κ1) is 18.7. The molecule has 7 heteroatoms. The molecule has 0 saturated carbocycles. The molecule has 1 amide bonds. The third-order valence-electron chi connectivity index (χ3n) is 5.63. The number of hydrogen-bond acceptors (Lipinski definition) is 4. The minimum absolute atomic E-state index is 0.0594. The van der Waals surface area contributed by atoms with Crippen molar-refractivity contribution in [3.05, 3.63) is 53.9 Å². The molecule has 1 fully saturated rings. The summed E-state index contributed by atoms with van der Waals surface area (Å²) in [6, 6.07) is 12.0. The Morgan fingerprint density at radius 2 is 2.14 bits per heavy atom. The first-order chi connectivity index (χ1) is 13.6. The van der Waals surface area contributed by atoms with Crippen LogP contribution in [0, 0.1) is 0 Å². The molecule has 3 heterocycles. The number of ether oxygens (including phenoxy) is 1. The normalized spacial score (nSPS) is 22.9. The van der Waals surface area contributed by atoms with E-state index in [-0.39, 0.29) is 11.4 Å². The van der Waals surface area contributed by atoms with E-state index in [1.165, 1.54) is 5.56 Å². The Hall–Kier alpha value is -2.64. The molecule has 2 aliphatic heterocycles. The molecule has 4 rings (SSSR count). The molecule has 0 bridgehead atoms. The predicted molar refractivity (Wildman–Crippen MR) is 110 cm³/mol. The number of aryl methyl sites for hydroxylation is 1. The van der Waals surface area contributed by atoms with Gasteiger partial charge in [-0.1, -0.05) is 18.2 Å². The molecule has 0 radical (unpaired) electrons. The topological polar surface area (TPSA) is 70.9 Å². The highest BCUT2D eigenvalue weighted by Gasteiger charge is 2.45. The Bertz CT molecular complexity index is 890. The summed E-state index contributed by atoms with van der Waals surface area (Å²) in [7, 11) is 3.58. The molecular weight excluding hydrogens is 354 g/mol. The number of fused-ring (bicyclic) bond motifs is 1. The van der Waals surface area contributed by atoms with Crippen LogP contribution in [0.3, 0.4) is 0 Å². The van der Waals surface area contributed by atoms with Gasteiger partial charge in [-0.05, 0) is 30.2 Å². The minimum atomic E-state index is -0.381. The van der Waals surface area contributed by atoms with E-state index in [4.69, 9.17) is 9.73 Å². The van der Waals surface area contributed by atoms with E-state index in [9.17, 15) is 4.79 Å². The van der Waals surface area contributed by atoms with Crippen molar-refractivity contribution >= 4 is 17.4 Å². The molecule has 2 N–H and O–H groups in total. The van der Waals surface area contributed by atoms with Gasteiger partial charge in [-0.25, -0.2) is 0 Å². The summed E-state index contributed by atoms with van der Waals surface area (Å²) in [4.78, 5) is 19.8. The number of amidine groups is 1. The van der Waals surface area contributed by atoms with Crippen molar-refractivity contribution in [1.82, 2.24) is 14.8 Å². The van der Waals surface area contributed by atoms with Crippen molar-refractivity contribution in [2.24, 2.45) is 12.0 Å². The molecule has 2 aliphatic rings. The lowest BCUT2D eigenvalue weighted by atomic mass is 9.96. The molecule has 1 aromatic heterocycles. The van der Waals surface area contributed by atoms with Crippen LogP contribution >= 0.6 is 0 Å². The van der Waals surface area contributed by atoms with Crippen LogP contribution in [0.1, 0.15) is 22.5 Å². The highest BCUT2D eigenvalue weighted by molar-refractivity contribution is 6.05. The Morgan fingerprint density at radius 3 is 2.93 bits per heavy atom. The van der Waals surface area contributed by atoms with Crippen molar-refractivity contribution in [1.29, 1.82) is 0 Å². The van der Waals surface area contributed by atoms with Crippen LogP contribution in [0.25, 0.3) is 0 Å². The first-order valence-electron chi connectivity index (χ1n) is 9.67. The average molecular weight is 381 g/mol. The summed E-state index contributed by atoms with van der Waals surface area (Å²) < 4.78 is 7.05. The van der Waals surface area contributed by atoms with Crippen molar-refractivity contribution in [2.45, 2.75) is 18.5 Å². The number of nitrogens with one attached hydrogen (secondary N) is 2. The number of para-hydroxylation sites is 1. The number of likely N-dealkylation sites (tertiary alicyclic amines) is 1. The molecule has 1 saturated heterocycles. The number of rotatable bonds is 4. The predicted octanol–water partition coefficient (Wildman–Crippen LogP) is 1.87. The van der Waals surface area contributed by atoms with Crippen LogP contribution in [-0.2, 0) is 18.3 Å². The van der Waals surface area contributed by atoms with Gasteiger partial charge in [-0.3, -0.25) is 15.1 Å². The summed E-state index contributed by atoms with van der Waals surface area (Å²) in [6.07, 6.45) is 2.72. The maximum atomic E-state index is 13.0. The van der Waals surface area contributed by atoms with Gasteiger partial charge in [0.1, 0.15) is 11.5 Å². The van der Waals surface area contributed by atoms with Gasteiger partial charge >= 0.3 is 0 Å². The smallest absolute Gasteiger partial charge is 0.270 e. The van der Waals surface area contributed by atoms with E-state index in [1.807, 2.05) is 47.0 Å². The highest BCUT2D eigenvalue weighted by atomic mass is 16.5. The lowest BCUT2D eigenvalue weighted by Gasteiger charge is -2.30. The van der Waals surface area contributed by atoms with Gasteiger partial charge in [0.05, 0.1) is 18.7 Å². The number of carbonyl (C=O) groups is 1. The second-order valence-corrected chi connectivity index (χ2v) is 7.42. The van der Waals surface area contributed by atoms with E-state index >= 15 is 0 Å². The highest BCUT2D eigenvalue weighted by Crippen LogP contribution is 2.30. The molecule has 2 aromatic rings. The average Bonchev–Trinajstić information content (AvgIpc) is 3.29. The largest absolute Gasteiger partial charge is 0.383 e. The quantitative estimate of drug-likeness (QED) is 0.794. The Balaban J connectivity index is 1.61. The van der Waals surface area contributed by atoms with E-state index in [0.29, 0.717) is 31.9 Å². The lowest BCUT2D eigenvalue weighted by molar-refractivity contribution is 0.0776. The van der Waals surface area contributed by atoms with Crippen LogP contribution in [0.15, 0.2) is 47.6 Å². The van der Waals surface area contributed by atoms with Crippen molar-refractivity contribution in [2.75, 3.05) is 38.7 Å². The Labute approximate surface area is 165 Å². The van der Waals surface area contributed by atoms with Crippen molar-refractivity contribution in [3.63, 3.8) is 0 Å². The number of methoxy groups -OCH3 is 1. The van der Waals surface area contributed by atoms with Crippen LogP contribution in [0.5, 0.6) is 0 Å². The number of amides is 1. The van der Waals surface area contributed by atoms with Crippen LogP contribution in [0.2, 0.25) is 0 Å². The number of benzene rings is 1. The zero-order valence-corrected chi connectivity index (χ0v) is 16.4. The summed E-state index contributed by atoms with van der Waals surface area (Å²) in [5.74, 6) is 0.945. The Morgan fingerprint density at radius 1 is 1.29 bits per heavy atom.